The van der Waals surface area contributed by atoms with E-state index in [1.54, 1.807) is 0 Å². The number of halogens is 4. The SMILES string of the molecule is O=C(Nc1ccc(Cl)c(C(F)(F)F)n1)N1CCCOCC1. The molecule has 0 radical (unpaired) electrons. The van der Waals surface area contributed by atoms with Gasteiger partial charge in [0.05, 0.1) is 11.6 Å². The minimum atomic E-state index is -4.67. The van der Waals surface area contributed by atoms with Crippen LogP contribution in [0.25, 0.3) is 0 Å². The summed E-state index contributed by atoms with van der Waals surface area (Å²) in [5, 5.41) is 1.83. The molecule has 0 aromatic carbocycles. The molecule has 0 spiro atoms. The fraction of sp³-hybridized carbons (Fsp3) is 0.500. The Morgan fingerprint density at radius 3 is 2.81 bits per heavy atom. The molecule has 1 aromatic heterocycles. The Balaban J connectivity index is 2.10. The number of urea groups is 1. The van der Waals surface area contributed by atoms with Crippen LogP contribution < -0.4 is 5.32 Å². The van der Waals surface area contributed by atoms with Crippen molar-refractivity contribution in [2.24, 2.45) is 0 Å². The Hall–Kier alpha value is -1.54. The number of carbonyl (C=O) groups is 1. The second-order valence-electron chi connectivity index (χ2n) is 4.41. The van der Waals surface area contributed by atoms with Gasteiger partial charge in [0.15, 0.2) is 5.69 Å². The van der Waals surface area contributed by atoms with E-state index in [2.05, 4.69) is 10.3 Å². The van der Waals surface area contributed by atoms with E-state index in [-0.39, 0.29) is 5.82 Å². The molecule has 116 valence electrons. The summed E-state index contributed by atoms with van der Waals surface area (Å²) in [5.74, 6) is -0.193. The van der Waals surface area contributed by atoms with Crippen molar-refractivity contribution >= 4 is 23.4 Å². The van der Waals surface area contributed by atoms with Crippen LogP contribution in [-0.2, 0) is 10.9 Å². The first kappa shape index (κ1) is 15.8. The molecule has 2 amide bonds. The predicted molar refractivity (Wildman–Crippen MR) is 70.3 cm³/mol. The molecule has 1 N–H and O–H groups in total. The number of aromatic nitrogens is 1. The summed E-state index contributed by atoms with van der Waals surface area (Å²) in [7, 11) is 0. The summed E-state index contributed by atoms with van der Waals surface area (Å²) in [5.41, 5.74) is -1.22. The van der Waals surface area contributed by atoms with Gasteiger partial charge in [0.25, 0.3) is 0 Å². The quantitative estimate of drug-likeness (QED) is 0.864. The third kappa shape index (κ3) is 4.21. The highest BCUT2D eigenvalue weighted by molar-refractivity contribution is 6.31. The Morgan fingerprint density at radius 2 is 2.10 bits per heavy atom. The lowest BCUT2D eigenvalue weighted by Gasteiger charge is -2.20. The van der Waals surface area contributed by atoms with Gasteiger partial charge >= 0.3 is 12.2 Å². The number of nitrogens with zero attached hydrogens (tertiary/aromatic N) is 2. The van der Waals surface area contributed by atoms with Gasteiger partial charge < -0.3 is 9.64 Å². The Bertz CT molecular complexity index is 517. The molecule has 0 aliphatic carbocycles. The van der Waals surface area contributed by atoms with Gasteiger partial charge in [-0.3, -0.25) is 5.32 Å². The van der Waals surface area contributed by atoms with Crippen molar-refractivity contribution in [2.45, 2.75) is 12.6 Å². The van der Waals surface area contributed by atoms with Crippen molar-refractivity contribution in [1.29, 1.82) is 0 Å². The highest BCUT2D eigenvalue weighted by atomic mass is 35.5. The maximum atomic E-state index is 12.7. The predicted octanol–water partition coefficient (Wildman–Crippen LogP) is 3.01. The normalized spacial score (nSPS) is 16.5. The summed E-state index contributed by atoms with van der Waals surface area (Å²) in [6.07, 6.45) is -4.00. The van der Waals surface area contributed by atoms with Gasteiger partial charge in [-0.25, -0.2) is 9.78 Å². The van der Waals surface area contributed by atoms with Crippen molar-refractivity contribution in [2.75, 3.05) is 31.6 Å². The molecule has 1 aliphatic rings. The molecule has 0 unspecified atom stereocenters. The van der Waals surface area contributed by atoms with Crippen LogP contribution in [0, 0.1) is 0 Å². The van der Waals surface area contributed by atoms with Gasteiger partial charge in [0, 0.05) is 19.7 Å². The first-order chi connectivity index (χ1) is 9.88. The van der Waals surface area contributed by atoms with E-state index in [0.29, 0.717) is 32.7 Å². The number of ether oxygens (including phenoxy) is 1. The van der Waals surface area contributed by atoms with Crippen LogP contribution in [0.3, 0.4) is 0 Å². The van der Waals surface area contributed by atoms with Gasteiger partial charge in [0.1, 0.15) is 5.82 Å². The van der Waals surface area contributed by atoms with Crippen molar-refractivity contribution < 1.29 is 22.7 Å². The molecule has 1 aromatic rings. The number of pyridine rings is 1. The minimum Gasteiger partial charge on any atom is -0.380 e. The van der Waals surface area contributed by atoms with Gasteiger partial charge in [-0.2, -0.15) is 13.2 Å². The zero-order chi connectivity index (χ0) is 15.5. The van der Waals surface area contributed by atoms with Crippen LogP contribution in [0.5, 0.6) is 0 Å². The third-order valence-electron chi connectivity index (χ3n) is 2.86. The highest BCUT2D eigenvalue weighted by Crippen LogP contribution is 2.33. The molecule has 2 rings (SSSR count). The third-order valence-corrected chi connectivity index (χ3v) is 3.16. The van der Waals surface area contributed by atoms with Crippen LogP contribution in [0.2, 0.25) is 5.02 Å². The van der Waals surface area contributed by atoms with E-state index >= 15 is 0 Å². The lowest BCUT2D eigenvalue weighted by molar-refractivity contribution is -0.141. The smallest absolute Gasteiger partial charge is 0.380 e. The standard InChI is InChI=1S/C12H13ClF3N3O2/c13-8-2-3-9(17-10(8)12(14,15)16)18-11(20)19-4-1-6-21-7-5-19/h2-3H,1,4-7H2,(H,17,18,20). The number of amides is 2. The van der Waals surface area contributed by atoms with E-state index < -0.39 is 22.9 Å². The average molecular weight is 324 g/mol. The van der Waals surface area contributed by atoms with Crippen molar-refractivity contribution in [1.82, 2.24) is 9.88 Å². The summed E-state index contributed by atoms with van der Waals surface area (Å²) in [6, 6.07) is 1.77. The molecule has 1 fully saturated rings. The molecule has 2 heterocycles. The fourth-order valence-corrected chi connectivity index (χ4v) is 2.06. The zero-order valence-electron chi connectivity index (χ0n) is 10.9. The van der Waals surface area contributed by atoms with Crippen molar-refractivity contribution in [3.8, 4) is 0 Å². The number of hydrogen-bond acceptors (Lipinski definition) is 3. The van der Waals surface area contributed by atoms with Crippen molar-refractivity contribution in [3.05, 3.63) is 22.8 Å². The number of nitrogens with one attached hydrogen (secondary N) is 1. The van der Waals surface area contributed by atoms with E-state index in [0.717, 1.165) is 6.07 Å². The lowest BCUT2D eigenvalue weighted by atomic mass is 10.3. The fourth-order valence-electron chi connectivity index (χ4n) is 1.85. The van der Waals surface area contributed by atoms with Crippen LogP contribution in [0.4, 0.5) is 23.8 Å². The maximum Gasteiger partial charge on any atom is 0.434 e. The van der Waals surface area contributed by atoms with E-state index in [4.69, 9.17) is 16.3 Å². The van der Waals surface area contributed by atoms with Crippen molar-refractivity contribution in [3.63, 3.8) is 0 Å². The average Bonchev–Trinajstić information content (AvgIpc) is 2.68. The van der Waals surface area contributed by atoms with Crippen LogP contribution in [0.1, 0.15) is 12.1 Å². The Labute approximate surface area is 124 Å². The lowest BCUT2D eigenvalue weighted by Crippen LogP contribution is -2.37. The van der Waals surface area contributed by atoms with Crippen LogP contribution in [0.15, 0.2) is 12.1 Å². The second-order valence-corrected chi connectivity index (χ2v) is 4.82. The minimum absolute atomic E-state index is 0.193. The van der Waals surface area contributed by atoms with E-state index in [1.165, 1.54) is 11.0 Å². The molecule has 0 bridgehead atoms. The monoisotopic (exact) mass is 323 g/mol. The molecule has 9 heteroatoms. The molecule has 1 saturated heterocycles. The summed E-state index contributed by atoms with van der Waals surface area (Å²) >= 11 is 5.47. The van der Waals surface area contributed by atoms with Gasteiger partial charge in [-0.1, -0.05) is 11.6 Å². The first-order valence-electron chi connectivity index (χ1n) is 6.25. The number of carbonyl (C=O) groups excluding carboxylic acids is 1. The molecule has 21 heavy (non-hydrogen) atoms. The van der Waals surface area contributed by atoms with Gasteiger partial charge in [0.2, 0.25) is 0 Å². The van der Waals surface area contributed by atoms with Crippen LogP contribution >= 0.6 is 11.6 Å². The van der Waals surface area contributed by atoms with E-state index in [9.17, 15) is 18.0 Å². The van der Waals surface area contributed by atoms with E-state index in [1.807, 2.05) is 0 Å². The summed E-state index contributed by atoms with van der Waals surface area (Å²) < 4.78 is 43.3. The number of rotatable bonds is 1. The number of alkyl halides is 3. The Kier molecular flexibility index (Phi) is 4.89. The molecule has 5 nitrogen and oxygen atoms in total. The topological polar surface area (TPSA) is 54.5 Å². The van der Waals surface area contributed by atoms with Gasteiger partial charge in [-0.15, -0.1) is 0 Å². The highest BCUT2D eigenvalue weighted by Gasteiger charge is 2.35. The number of hydrogen-bond donors (Lipinski definition) is 1. The maximum absolute atomic E-state index is 12.7. The zero-order valence-corrected chi connectivity index (χ0v) is 11.7. The van der Waals surface area contributed by atoms with Crippen LogP contribution in [-0.4, -0.2) is 42.2 Å². The molecular formula is C12H13ClF3N3O2. The van der Waals surface area contributed by atoms with Gasteiger partial charge in [-0.05, 0) is 18.6 Å². The molecule has 0 saturated carbocycles. The molecule has 1 aliphatic heterocycles. The first-order valence-corrected chi connectivity index (χ1v) is 6.63. The summed E-state index contributed by atoms with van der Waals surface area (Å²) in [4.78, 5) is 16.8. The Morgan fingerprint density at radius 1 is 1.33 bits per heavy atom. The summed E-state index contributed by atoms with van der Waals surface area (Å²) in [6.45, 7) is 1.81. The second kappa shape index (κ2) is 6.48. The number of anilines is 1. The largest absolute Gasteiger partial charge is 0.434 e. The molecule has 0 atom stereocenters. The molecular weight excluding hydrogens is 311 g/mol.